The van der Waals surface area contributed by atoms with Crippen LogP contribution >= 0.6 is 11.6 Å². The normalized spacial score (nSPS) is 13.0. The van der Waals surface area contributed by atoms with Crippen LogP contribution in [0.25, 0.3) is 11.3 Å². The average molecular weight is 438 g/mol. The first-order chi connectivity index (χ1) is 14.9. The fourth-order valence-corrected chi connectivity index (χ4v) is 3.73. The maximum Gasteiger partial charge on any atom is 0.264 e. The number of carbonyl (C=O) groups is 1. The summed E-state index contributed by atoms with van der Waals surface area (Å²) < 4.78 is 5.47. The Morgan fingerprint density at radius 3 is 2.90 bits per heavy atom. The van der Waals surface area contributed by atoms with Gasteiger partial charge in [-0.15, -0.1) is 0 Å². The van der Waals surface area contributed by atoms with Crippen LogP contribution in [0.15, 0.2) is 42.5 Å². The second kappa shape index (κ2) is 8.81. The first kappa shape index (κ1) is 20.9. The predicted octanol–water partition coefficient (Wildman–Crippen LogP) is 4.09. The van der Waals surface area contributed by atoms with E-state index in [4.69, 9.17) is 22.1 Å². The summed E-state index contributed by atoms with van der Waals surface area (Å²) in [6.07, 6.45) is 1.60. The van der Waals surface area contributed by atoms with Gasteiger partial charge in [-0.05, 0) is 55.7 Å². The number of nitrogens with one attached hydrogen (secondary N) is 1. The number of ether oxygens (including phenoxy) is 1. The number of hydrogen-bond donors (Lipinski definition) is 2. The van der Waals surface area contributed by atoms with Crippen LogP contribution < -0.4 is 20.7 Å². The monoisotopic (exact) mass is 437 g/mol. The highest BCUT2D eigenvalue weighted by Gasteiger charge is 2.22. The summed E-state index contributed by atoms with van der Waals surface area (Å²) in [6, 6.07) is 13.5. The predicted molar refractivity (Wildman–Crippen MR) is 124 cm³/mol. The van der Waals surface area contributed by atoms with Crippen molar-refractivity contribution in [3.63, 3.8) is 0 Å². The lowest BCUT2D eigenvalue weighted by Crippen LogP contribution is -2.35. The van der Waals surface area contributed by atoms with Crippen LogP contribution in [0.4, 0.5) is 17.3 Å². The van der Waals surface area contributed by atoms with Crippen LogP contribution in [0.1, 0.15) is 17.7 Å². The lowest BCUT2D eigenvalue weighted by molar-refractivity contribution is -0.120. The lowest BCUT2D eigenvalue weighted by atomic mass is 10.0. The number of nitrogens with two attached hydrogens (primary N) is 1. The number of amides is 1. The minimum Gasteiger partial charge on any atom is -0.482 e. The molecule has 0 saturated carbocycles. The topological polar surface area (TPSA) is 93.4 Å². The van der Waals surface area contributed by atoms with E-state index in [0.29, 0.717) is 10.8 Å². The molecule has 7 nitrogen and oxygen atoms in total. The number of nitrogen functional groups attached to an aromatic ring is 1. The zero-order valence-corrected chi connectivity index (χ0v) is 18.2. The number of aromatic nitrogens is 2. The summed E-state index contributed by atoms with van der Waals surface area (Å²) in [5.74, 6) is 0.909. The summed E-state index contributed by atoms with van der Waals surface area (Å²) in [4.78, 5) is 22.2. The molecular formula is C23H24ClN5O2. The van der Waals surface area contributed by atoms with Crippen molar-refractivity contribution >= 4 is 34.8 Å². The standard InChI is InChI=1S/C23H24ClN5O2/c1-14-17(6-3-7-18(14)24)19-11-16(27-23(25)28-19)5-4-10-26-15-8-9-21-20(12-15)29(2)22(30)13-31-21/h3,6-9,11-12,26H,4-5,10,13H2,1-2H3,(H2,25,27,28). The third-order valence-electron chi connectivity index (χ3n) is 5.32. The van der Waals surface area contributed by atoms with Crippen LogP contribution in [0, 0.1) is 6.92 Å². The molecule has 0 bridgehead atoms. The zero-order valence-electron chi connectivity index (χ0n) is 17.5. The van der Waals surface area contributed by atoms with E-state index in [1.807, 2.05) is 49.4 Å². The number of carbonyl (C=O) groups excluding carboxylic acids is 1. The number of nitrogens with zero attached hydrogens (tertiary/aromatic N) is 3. The third kappa shape index (κ3) is 4.56. The van der Waals surface area contributed by atoms with E-state index in [2.05, 4.69) is 15.3 Å². The third-order valence-corrected chi connectivity index (χ3v) is 5.73. The minimum atomic E-state index is -0.0586. The van der Waals surface area contributed by atoms with Crippen LogP contribution in [-0.2, 0) is 11.2 Å². The van der Waals surface area contributed by atoms with E-state index in [1.165, 1.54) is 0 Å². The Bertz CT molecular complexity index is 1130. The largest absolute Gasteiger partial charge is 0.482 e. The Labute approximate surface area is 186 Å². The van der Waals surface area contributed by atoms with E-state index >= 15 is 0 Å². The molecule has 8 heteroatoms. The first-order valence-electron chi connectivity index (χ1n) is 10.1. The van der Waals surface area contributed by atoms with Gasteiger partial charge in [0.2, 0.25) is 5.95 Å². The van der Waals surface area contributed by atoms with Crippen molar-refractivity contribution in [1.29, 1.82) is 0 Å². The summed E-state index contributed by atoms with van der Waals surface area (Å²) in [7, 11) is 1.76. The molecule has 1 aliphatic rings. The number of halogens is 1. The van der Waals surface area contributed by atoms with Crippen molar-refractivity contribution in [2.45, 2.75) is 19.8 Å². The van der Waals surface area contributed by atoms with Gasteiger partial charge in [-0.1, -0.05) is 23.7 Å². The van der Waals surface area contributed by atoms with Crippen molar-refractivity contribution in [3.05, 3.63) is 58.7 Å². The Kier molecular flexibility index (Phi) is 5.95. The number of anilines is 3. The molecule has 3 aromatic rings. The maximum atomic E-state index is 11.8. The zero-order chi connectivity index (χ0) is 22.0. The molecule has 160 valence electrons. The van der Waals surface area contributed by atoms with Crippen molar-refractivity contribution in [2.24, 2.45) is 0 Å². The highest BCUT2D eigenvalue weighted by atomic mass is 35.5. The summed E-state index contributed by atoms with van der Waals surface area (Å²) in [5, 5.41) is 4.09. The van der Waals surface area contributed by atoms with Crippen LogP contribution in [0.2, 0.25) is 5.02 Å². The molecule has 2 aromatic carbocycles. The molecule has 0 radical (unpaired) electrons. The summed E-state index contributed by atoms with van der Waals surface area (Å²) in [5.41, 5.74) is 11.2. The van der Waals surface area contributed by atoms with Crippen molar-refractivity contribution in [2.75, 3.05) is 36.1 Å². The number of likely N-dealkylation sites (N-methyl/N-ethyl adjacent to an activating group) is 1. The Hall–Kier alpha value is -3.32. The van der Waals surface area contributed by atoms with Crippen molar-refractivity contribution in [1.82, 2.24) is 9.97 Å². The second-order valence-corrected chi connectivity index (χ2v) is 7.88. The SMILES string of the molecule is Cc1c(Cl)cccc1-c1cc(CCCNc2ccc3c(c2)N(C)C(=O)CO3)nc(N)n1. The highest BCUT2D eigenvalue weighted by Crippen LogP contribution is 2.33. The first-order valence-corrected chi connectivity index (χ1v) is 10.5. The van der Waals surface area contributed by atoms with Gasteiger partial charge in [0.1, 0.15) is 5.75 Å². The van der Waals surface area contributed by atoms with E-state index < -0.39 is 0 Å². The lowest BCUT2D eigenvalue weighted by Gasteiger charge is -2.26. The molecule has 0 unspecified atom stereocenters. The fourth-order valence-electron chi connectivity index (χ4n) is 3.55. The second-order valence-electron chi connectivity index (χ2n) is 7.47. The van der Waals surface area contributed by atoms with E-state index in [1.54, 1.807) is 11.9 Å². The highest BCUT2D eigenvalue weighted by molar-refractivity contribution is 6.31. The van der Waals surface area contributed by atoms with Gasteiger partial charge in [0.25, 0.3) is 5.91 Å². The number of aryl methyl sites for hydroxylation is 1. The van der Waals surface area contributed by atoms with E-state index in [9.17, 15) is 4.79 Å². The molecule has 1 aromatic heterocycles. The quantitative estimate of drug-likeness (QED) is 0.564. The molecule has 1 aliphatic heterocycles. The smallest absolute Gasteiger partial charge is 0.264 e. The summed E-state index contributed by atoms with van der Waals surface area (Å²) >= 11 is 6.25. The molecule has 0 fully saturated rings. The molecule has 0 atom stereocenters. The molecule has 4 rings (SSSR count). The molecule has 1 amide bonds. The minimum absolute atomic E-state index is 0.0586. The van der Waals surface area contributed by atoms with Gasteiger partial charge >= 0.3 is 0 Å². The molecule has 31 heavy (non-hydrogen) atoms. The molecule has 2 heterocycles. The van der Waals surface area contributed by atoms with Gasteiger partial charge in [0.05, 0.1) is 11.4 Å². The Morgan fingerprint density at radius 1 is 1.23 bits per heavy atom. The average Bonchev–Trinajstić information content (AvgIpc) is 2.75. The maximum absolute atomic E-state index is 11.8. The van der Waals surface area contributed by atoms with E-state index in [-0.39, 0.29) is 18.5 Å². The van der Waals surface area contributed by atoms with Crippen LogP contribution in [0.3, 0.4) is 0 Å². The van der Waals surface area contributed by atoms with E-state index in [0.717, 1.165) is 53.3 Å². The molecule has 3 N–H and O–H groups in total. The van der Waals surface area contributed by atoms with Crippen molar-refractivity contribution < 1.29 is 9.53 Å². The number of benzene rings is 2. The molecular weight excluding hydrogens is 414 g/mol. The van der Waals surface area contributed by atoms with Gasteiger partial charge in [-0.2, -0.15) is 0 Å². The molecule has 0 spiro atoms. The number of fused-ring (bicyclic) bond motifs is 1. The fraction of sp³-hybridized carbons (Fsp3) is 0.261. The van der Waals surface area contributed by atoms with Crippen LogP contribution in [0.5, 0.6) is 5.75 Å². The van der Waals surface area contributed by atoms with Crippen LogP contribution in [-0.4, -0.2) is 36.1 Å². The van der Waals surface area contributed by atoms with Gasteiger partial charge in [0.15, 0.2) is 6.61 Å². The van der Waals surface area contributed by atoms with Gasteiger partial charge in [-0.25, -0.2) is 9.97 Å². The Balaban J connectivity index is 1.40. The number of hydrogen-bond acceptors (Lipinski definition) is 6. The molecule has 0 aliphatic carbocycles. The van der Waals surface area contributed by atoms with Gasteiger partial charge in [-0.3, -0.25) is 4.79 Å². The van der Waals surface area contributed by atoms with Gasteiger partial charge in [0, 0.05) is 35.6 Å². The van der Waals surface area contributed by atoms with Crippen molar-refractivity contribution in [3.8, 4) is 17.0 Å². The Morgan fingerprint density at radius 2 is 2.06 bits per heavy atom. The summed E-state index contributed by atoms with van der Waals surface area (Å²) in [6.45, 7) is 2.79. The number of rotatable bonds is 6. The van der Waals surface area contributed by atoms with Gasteiger partial charge < -0.3 is 20.7 Å². The molecule has 0 saturated heterocycles.